The van der Waals surface area contributed by atoms with Gasteiger partial charge in [0.2, 0.25) is 17.7 Å². The molecule has 1 fully saturated rings. The molecule has 34 heavy (non-hydrogen) atoms. The summed E-state index contributed by atoms with van der Waals surface area (Å²) in [5.41, 5.74) is -0.259. The number of halogens is 3. The lowest BCUT2D eigenvalue weighted by atomic mass is 10.2. The number of rotatable bonds is 7. The van der Waals surface area contributed by atoms with Crippen LogP contribution in [0.4, 0.5) is 24.5 Å². The van der Waals surface area contributed by atoms with E-state index in [1.165, 1.54) is 31.2 Å². The van der Waals surface area contributed by atoms with E-state index in [4.69, 9.17) is 4.74 Å². The maximum atomic E-state index is 13.6. The van der Waals surface area contributed by atoms with Crippen molar-refractivity contribution in [2.24, 2.45) is 0 Å². The molecule has 2 aromatic carbocycles. The molecule has 1 aliphatic heterocycles. The van der Waals surface area contributed by atoms with Gasteiger partial charge in [-0.3, -0.25) is 24.1 Å². The number of hydrogen-bond acceptors (Lipinski definition) is 6. The van der Waals surface area contributed by atoms with Crippen LogP contribution < -0.4 is 15.5 Å². The number of imide groups is 1. The average molecular weight is 477 g/mol. The Morgan fingerprint density at radius 3 is 2.21 bits per heavy atom. The summed E-state index contributed by atoms with van der Waals surface area (Å²) in [7, 11) is 0. The molecule has 178 valence electrons. The number of esters is 1. The Bertz CT molecular complexity index is 1150. The zero-order valence-corrected chi connectivity index (χ0v) is 17.7. The van der Waals surface area contributed by atoms with Gasteiger partial charge in [-0.1, -0.05) is 0 Å². The smallest absolute Gasteiger partial charge is 0.338 e. The quantitative estimate of drug-likeness (QED) is 0.358. The fraction of sp³-hybridized carbons (Fsp3) is 0.227. The van der Waals surface area contributed by atoms with E-state index in [9.17, 15) is 37.1 Å². The molecule has 9 nitrogen and oxygen atoms in total. The summed E-state index contributed by atoms with van der Waals surface area (Å²) < 4.78 is 44.8. The van der Waals surface area contributed by atoms with Gasteiger partial charge in [0.15, 0.2) is 23.6 Å². The Morgan fingerprint density at radius 1 is 0.971 bits per heavy atom. The highest BCUT2D eigenvalue weighted by Crippen LogP contribution is 2.23. The van der Waals surface area contributed by atoms with Crippen LogP contribution in [0, 0.1) is 17.5 Å². The lowest BCUT2D eigenvalue weighted by molar-refractivity contribution is -0.130. The van der Waals surface area contributed by atoms with E-state index in [1.807, 2.05) is 5.32 Å². The second kappa shape index (κ2) is 10.1. The van der Waals surface area contributed by atoms with E-state index in [2.05, 4.69) is 5.32 Å². The fourth-order valence-electron chi connectivity index (χ4n) is 3.02. The van der Waals surface area contributed by atoms with E-state index < -0.39 is 53.6 Å². The van der Waals surface area contributed by atoms with Crippen LogP contribution in [0.25, 0.3) is 0 Å². The Labute approximate surface area is 190 Å². The van der Waals surface area contributed by atoms with E-state index in [0.29, 0.717) is 11.8 Å². The number of hydrogen-bond donors (Lipinski definition) is 2. The minimum atomic E-state index is -1.76. The molecule has 3 rings (SSSR count). The van der Waals surface area contributed by atoms with Crippen LogP contribution in [-0.2, 0) is 23.9 Å². The van der Waals surface area contributed by atoms with Gasteiger partial charge in [0, 0.05) is 12.8 Å². The van der Waals surface area contributed by atoms with Gasteiger partial charge in [-0.05, 0) is 43.3 Å². The van der Waals surface area contributed by atoms with Gasteiger partial charge < -0.3 is 15.4 Å². The summed E-state index contributed by atoms with van der Waals surface area (Å²) >= 11 is 0. The molecule has 12 heteroatoms. The number of carbonyl (C=O) groups excluding carboxylic acids is 5. The SMILES string of the molecule is CC(OC(=O)c1ccc(N2C(=O)CCC2=O)cc1)C(=O)NCC(=O)Nc1ccc(F)c(F)c1F. The molecule has 0 aromatic heterocycles. The monoisotopic (exact) mass is 477 g/mol. The minimum Gasteiger partial charge on any atom is -0.449 e. The predicted octanol–water partition coefficient (Wildman–Crippen LogP) is 2.06. The molecule has 0 bridgehead atoms. The standard InChI is InChI=1S/C22H18F3N3O6/c1-11(21(32)26-10-16(29)27-15-7-6-14(23)19(24)20(15)25)34-22(33)12-2-4-13(5-3-12)28-17(30)8-9-18(28)31/h2-7,11H,8-10H2,1H3,(H,26,32)(H,27,29). The molecule has 1 unspecified atom stereocenters. The lowest BCUT2D eigenvalue weighted by Crippen LogP contribution is -2.40. The van der Waals surface area contributed by atoms with Crippen molar-refractivity contribution in [3.05, 3.63) is 59.4 Å². The van der Waals surface area contributed by atoms with Crippen molar-refractivity contribution in [1.82, 2.24) is 5.32 Å². The molecular weight excluding hydrogens is 459 g/mol. The fourth-order valence-corrected chi connectivity index (χ4v) is 3.02. The zero-order valence-electron chi connectivity index (χ0n) is 17.7. The van der Waals surface area contributed by atoms with Crippen LogP contribution >= 0.6 is 0 Å². The first-order chi connectivity index (χ1) is 16.1. The number of carbonyl (C=O) groups is 5. The van der Waals surface area contributed by atoms with Crippen molar-refractivity contribution in [1.29, 1.82) is 0 Å². The number of amides is 4. The molecule has 1 atom stereocenters. The number of anilines is 2. The highest BCUT2D eigenvalue weighted by Gasteiger charge is 2.30. The number of benzene rings is 2. The van der Waals surface area contributed by atoms with E-state index in [-0.39, 0.29) is 30.2 Å². The summed E-state index contributed by atoms with van der Waals surface area (Å²) in [5, 5.41) is 4.14. The van der Waals surface area contributed by atoms with E-state index in [0.717, 1.165) is 11.0 Å². The predicted molar refractivity (Wildman–Crippen MR) is 111 cm³/mol. The van der Waals surface area contributed by atoms with Crippen molar-refractivity contribution in [2.75, 3.05) is 16.8 Å². The Balaban J connectivity index is 1.50. The van der Waals surface area contributed by atoms with Crippen molar-refractivity contribution in [3.63, 3.8) is 0 Å². The van der Waals surface area contributed by atoms with Crippen LogP contribution in [0.2, 0.25) is 0 Å². The molecule has 2 aromatic rings. The number of ether oxygens (including phenoxy) is 1. The van der Waals surface area contributed by atoms with E-state index >= 15 is 0 Å². The largest absolute Gasteiger partial charge is 0.449 e. The third-order valence-electron chi connectivity index (χ3n) is 4.80. The van der Waals surface area contributed by atoms with Crippen molar-refractivity contribution in [2.45, 2.75) is 25.9 Å². The molecule has 0 saturated carbocycles. The first-order valence-electron chi connectivity index (χ1n) is 9.96. The van der Waals surface area contributed by atoms with Crippen LogP contribution in [-0.4, -0.2) is 42.2 Å². The highest BCUT2D eigenvalue weighted by atomic mass is 19.2. The number of nitrogens with one attached hydrogen (secondary N) is 2. The van der Waals surface area contributed by atoms with Crippen LogP contribution in [0.5, 0.6) is 0 Å². The van der Waals surface area contributed by atoms with Crippen LogP contribution in [0.15, 0.2) is 36.4 Å². The first-order valence-corrected chi connectivity index (χ1v) is 9.96. The van der Waals surface area contributed by atoms with Crippen molar-refractivity contribution >= 4 is 41.0 Å². The van der Waals surface area contributed by atoms with Gasteiger partial charge in [-0.25, -0.2) is 18.0 Å². The summed E-state index contributed by atoms with van der Waals surface area (Å²) in [5.74, 6) is -8.12. The maximum absolute atomic E-state index is 13.6. The molecule has 1 heterocycles. The summed E-state index contributed by atoms with van der Waals surface area (Å²) in [6.07, 6.45) is -1.09. The molecule has 0 aliphatic carbocycles. The molecule has 1 aliphatic rings. The van der Waals surface area contributed by atoms with Crippen LogP contribution in [0.3, 0.4) is 0 Å². The summed E-state index contributed by atoms with van der Waals surface area (Å²) in [4.78, 5) is 60.8. The first kappa shape index (κ1) is 24.4. The Morgan fingerprint density at radius 2 is 1.59 bits per heavy atom. The van der Waals surface area contributed by atoms with Crippen LogP contribution in [0.1, 0.15) is 30.1 Å². The van der Waals surface area contributed by atoms with Crippen molar-refractivity contribution in [3.8, 4) is 0 Å². The highest BCUT2D eigenvalue weighted by molar-refractivity contribution is 6.19. The van der Waals surface area contributed by atoms with Gasteiger partial charge in [0.1, 0.15) is 0 Å². The third-order valence-corrected chi connectivity index (χ3v) is 4.80. The normalized spacial score (nSPS) is 14.1. The molecule has 1 saturated heterocycles. The topological polar surface area (TPSA) is 122 Å². The lowest BCUT2D eigenvalue weighted by Gasteiger charge is -2.15. The average Bonchev–Trinajstić information content (AvgIpc) is 3.15. The van der Waals surface area contributed by atoms with Gasteiger partial charge in [0.05, 0.1) is 23.5 Å². The minimum absolute atomic E-state index is 0.0500. The maximum Gasteiger partial charge on any atom is 0.338 e. The number of nitrogens with zero attached hydrogens (tertiary/aromatic N) is 1. The zero-order chi connectivity index (χ0) is 25.0. The molecular formula is C22H18F3N3O6. The van der Waals surface area contributed by atoms with Crippen molar-refractivity contribution < 1.29 is 41.9 Å². The van der Waals surface area contributed by atoms with Gasteiger partial charge in [-0.2, -0.15) is 0 Å². The summed E-state index contributed by atoms with van der Waals surface area (Å²) in [6.45, 7) is 0.585. The Hall–Kier alpha value is -4.22. The second-order valence-electron chi connectivity index (χ2n) is 7.21. The third kappa shape index (κ3) is 5.39. The summed E-state index contributed by atoms with van der Waals surface area (Å²) in [6, 6.07) is 6.88. The molecule has 4 amide bonds. The van der Waals surface area contributed by atoms with Gasteiger partial charge in [-0.15, -0.1) is 0 Å². The molecule has 0 radical (unpaired) electrons. The van der Waals surface area contributed by atoms with Gasteiger partial charge >= 0.3 is 5.97 Å². The molecule has 0 spiro atoms. The van der Waals surface area contributed by atoms with E-state index in [1.54, 1.807) is 0 Å². The van der Waals surface area contributed by atoms with Gasteiger partial charge in [0.25, 0.3) is 5.91 Å². The molecule has 2 N–H and O–H groups in total. The Kier molecular flexibility index (Phi) is 7.29. The second-order valence-corrected chi connectivity index (χ2v) is 7.21.